The Bertz CT molecular complexity index is 542. The van der Waals surface area contributed by atoms with Crippen molar-refractivity contribution in [3.63, 3.8) is 0 Å². The van der Waals surface area contributed by atoms with E-state index in [0.29, 0.717) is 11.8 Å². The van der Waals surface area contributed by atoms with Crippen LogP contribution < -0.4 is 5.32 Å². The molecule has 0 amide bonds. The largest absolute Gasteiger partial charge is 0.314 e. The van der Waals surface area contributed by atoms with Crippen LogP contribution in [0.25, 0.3) is 5.69 Å². The van der Waals surface area contributed by atoms with Crippen LogP contribution in [0.4, 0.5) is 0 Å². The van der Waals surface area contributed by atoms with E-state index in [2.05, 4.69) is 59.3 Å². The van der Waals surface area contributed by atoms with E-state index >= 15 is 0 Å². The average Bonchev–Trinajstić information content (AvgIpc) is 3.19. The lowest BCUT2D eigenvalue weighted by molar-refractivity contribution is 0.433. The van der Waals surface area contributed by atoms with Crippen molar-refractivity contribution in [2.45, 2.75) is 38.6 Å². The summed E-state index contributed by atoms with van der Waals surface area (Å²) in [5, 5.41) is 8.12. The highest BCUT2D eigenvalue weighted by atomic mass is 15.3. The van der Waals surface area contributed by atoms with E-state index in [9.17, 15) is 0 Å². The van der Waals surface area contributed by atoms with Gasteiger partial charge in [-0.3, -0.25) is 0 Å². The van der Waals surface area contributed by atoms with Crippen LogP contribution >= 0.6 is 0 Å². The maximum Gasteiger partial charge on any atom is 0.0648 e. The SMILES string of the molecule is CC(CNC1CC1)C(C)c1ccnn1-c1ccccc1. The Morgan fingerprint density at radius 2 is 1.95 bits per heavy atom. The molecule has 0 saturated heterocycles. The number of para-hydroxylation sites is 1. The second kappa shape index (κ2) is 5.80. The smallest absolute Gasteiger partial charge is 0.0648 e. The average molecular weight is 269 g/mol. The first kappa shape index (κ1) is 13.4. The number of nitrogens with zero attached hydrogens (tertiary/aromatic N) is 2. The van der Waals surface area contributed by atoms with Crippen LogP contribution in [0.15, 0.2) is 42.6 Å². The van der Waals surface area contributed by atoms with E-state index in [1.54, 1.807) is 0 Å². The molecule has 0 radical (unpaired) electrons. The minimum atomic E-state index is 0.490. The molecule has 0 bridgehead atoms. The van der Waals surface area contributed by atoms with Gasteiger partial charge in [0.15, 0.2) is 0 Å². The van der Waals surface area contributed by atoms with Gasteiger partial charge in [-0.25, -0.2) is 4.68 Å². The van der Waals surface area contributed by atoms with Crippen molar-refractivity contribution < 1.29 is 0 Å². The highest BCUT2D eigenvalue weighted by molar-refractivity contribution is 5.33. The van der Waals surface area contributed by atoms with Crippen molar-refractivity contribution in [2.75, 3.05) is 6.54 Å². The summed E-state index contributed by atoms with van der Waals surface area (Å²) in [5.41, 5.74) is 2.43. The highest BCUT2D eigenvalue weighted by Gasteiger charge is 2.24. The van der Waals surface area contributed by atoms with E-state index in [0.717, 1.165) is 18.3 Å². The van der Waals surface area contributed by atoms with Gasteiger partial charge in [-0.15, -0.1) is 0 Å². The molecular formula is C17H23N3. The van der Waals surface area contributed by atoms with Crippen molar-refractivity contribution in [3.05, 3.63) is 48.3 Å². The minimum absolute atomic E-state index is 0.490. The molecule has 2 atom stereocenters. The van der Waals surface area contributed by atoms with E-state index < -0.39 is 0 Å². The summed E-state index contributed by atoms with van der Waals surface area (Å²) in [5.74, 6) is 1.10. The van der Waals surface area contributed by atoms with Crippen molar-refractivity contribution in [2.24, 2.45) is 5.92 Å². The third-order valence-electron chi connectivity index (χ3n) is 4.30. The summed E-state index contributed by atoms with van der Waals surface area (Å²) >= 11 is 0. The third kappa shape index (κ3) is 2.93. The topological polar surface area (TPSA) is 29.9 Å². The summed E-state index contributed by atoms with van der Waals surface area (Å²) in [4.78, 5) is 0. The maximum atomic E-state index is 4.49. The molecule has 0 spiro atoms. The van der Waals surface area contributed by atoms with E-state index in [1.807, 2.05) is 12.3 Å². The lowest BCUT2D eigenvalue weighted by atomic mass is 9.92. The van der Waals surface area contributed by atoms with Crippen LogP contribution in [-0.4, -0.2) is 22.4 Å². The van der Waals surface area contributed by atoms with Gasteiger partial charge in [0.1, 0.15) is 0 Å². The Balaban J connectivity index is 1.74. The molecule has 3 heteroatoms. The summed E-state index contributed by atoms with van der Waals surface area (Å²) in [6, 6.07) is 13.3. The number of hydrogen-bond acceptors (Lipinski definition) is 2. The van der Waals surface area contributed by atoms with E-state index in [4.69, 9.17) is 0 Å². The molecule has 1 N–H and O–H groups in total. The molecule has 106 valence electrons. The molecule has 2 unspecified atom stereocenters. The number of aromatic nitrogens is 2. The summed E-state index contributed by atoms with van der Waals surface area (Å²) in [7, 11) is 0. The lowest BCUT2D eigenvalue weighted by Gasteiger charge is -2.21. The van der Waals surface area contributed by atoms with E-state index in [-0.39, 0.29) is 0 Å². The van der Waals surface area contributed by atoms with Crippen LogP contribution in [0.2, 0.25) is 0 Å². The normalized spacial score (nSPS) is 17.9. The first-order valence-electron chi connectivity index (χ1n) is 7.58. The van der Waals surface area contributed by atoms with Gasteiger partial charge in [-0.1, -0.05) is 32.0 Å². The van der Waals surface area contributed by atoms with Gasteiger partial charge in [0.25, 0.3) is 0 Å². The first-order chi connectivity index (χ1) is 9.75. The lowest BCUT2D eigenvalue weighted by Crippen LogP contribution is -2.26. The zero-order valence-corrected chi connectivity index (χ0v) is 12.3. The Morgan fingerprint density at radius 3 is 2.65 bits per heavy atom. The van der Waals surface area contributed by atoms with Crippen molar-refractivity contribution in [1.29, 1.82) is 0 Å². The van der Waals surface area contributed by atoms with Gasteiger partial charge in [0, 0.05) is 23.9 Å². The molecule has 2 aromatic rings. The number of rotatable bonds is 6. The third-order valence-corrected chi connectivity index (χ3v) is 4.30. The molecule has 1 heterocycles. The second-order valence-corrected chi connectivity index (χ2v) is 5.95. The van der Waals surface area contributed by atoms with E-state index in [1.165, 1.54) is 18.5 Å². The second-order valence-electron chi connectivity index (χ2n) is 5.95. The monoisotopic (exact) mass is 269 g/mol. The van der Waals surface area contributed by atoms with Crippen LogP contribution in [0.3, 0.4) is 0 Å². The molecule has 1 fully saturated rings. The number of hydrogen-bond donors (Lipinski definition) is 1. The van der Waals surface area contributed by atoms with Gasteiger partial charge in [-0.05, 0) is 43.5 Å². The molecule has 20 heavy (non-hydrogen) atoms. The van der Waals surface area contributed by atoms with Gasteiger partial charge in [0.05, 0.1) is 5.69 Å². The van der Waals surface area contributed by atoms with Crippen LogP contribution in [0.5, 0.6) is 0 Å². The Morgan fingerprint density at radius 1 is 1.20 bits per heavy atom. The predicted octanol–water partition coefficient (Wildman–Crippen LogP) is 3.36. The van der Waals surface area contributed by atoms with Crippen LogP contribution in [-0.2, 0) is 0 Å². The van der Waals surface area contributed by atoms with Crippen LogP contribution in [0.1, 0.15) is 38.3 Å². The molecule has 1 aromatic heterocycles. The highest BCUT2D eigenvalue weighted by Crippen LogP contribution is 2.27. The standard InChI is InChI=1S/C17H23N3/c1-13(12-18-15-8-9-15)14(2)17-10-11-19-20(17)16-6-4-3-5-7-16/h3-7,10-11,13-15,18H,8-9,12H2,1-2H3. The molecular weight excluding hydrogens is 246 g/mol. The van der Waals surface area contributed by atoms with Gasteiger partial charge in [-0.2, -0.15) is 5.10 Å². The predicted molar refractivity (Wildman–Crippen MR) is 82.2 cm³/mol. The van der Waals surface area contributed by atoms with Gasteiger partial charge >= 0.3 is 0 Å². The first-order valence-corrected chi connectivity index (χ1v) is 7.58. The van der Waals surface area contributed by atoms with Crippen LogP contribution in [0, 0.1) is 5.92 Å². The summed E-state index contributed by atoms with van der Waals surface area (Å²) in [6.45, 7) is 5.71. The molecule has 3 rings (SSSR count). The molecule has 1 saturated carbocycles. The van der Waals surface area contributed by atoms with Crippen molar-refractivity contribution >= 4 is 0 Å². The zero-order chi connectivity index (χ0) is 13.9. The fourth-order valence-corrected chi connectivity index (χ4v) is 2.55. The van der Waals surface area contributed by atoms with Gasteiger partial charge in [0.2, 0.25) is 0 Å². The van der Waals surface area contributed by atoms with Gasteiger partial charge < -0.3 is 5.32 Å². The molecule has 1 aliphatic rings. The Kier molecular flexibility index (Phi) is 3.88. The fourth-order valence-electron chi connectivity index (χ4n) is 2.55. The Labute approximate surface area is 121 Å². The number of benzene rings is 1. The maximum absolute atomic E-state index is 4.49. The van der Waals surface area contributed by atoms with Crippen molar-refractivity contribution in [1.82, 2.24) is 15.1 Å². The fraction of sp³-hybridized carbons (Fsp3) is 0.471. The number of nitrogens with one attached hydrogen (secondary N) is 1. The molecule has 1 aromatic carbocycles. The molecule has 3 nitrogen and oxygen atoms in total. The molecule has 1 aliphatic carbocycles. The Hall–Kier alpha value is -1.61. The zero-order valence-electron chi connectivity index (χ0n) is 12.3. The van der Waals surface area contributed by atoms with Crippen molar-refractivity contribution in [3.8, 4) is 5.69 Å². The minimum Gasteiger partial charge on any atom is -0.314 e. The molecule has 0 aliphatic heterocycles. The summed E-state index contributed by atoms with van der Waals surface area (Å²) in [6.07, 6.45) is 4.60. The summed E-state index contributed by atoms with van der Waals surface area (Å²) < 4.78 is 2.07. The quantitative estimate of drug-likeness (QED) is 0.871.